The molecule has 0 saturated heterocycles. The van der Waals surface area contributed by atoms with Crippen molar-refractivity contribution < 1.29 is 14.3 Å². The van der Waals surface area contributed by atoms with E-state index in [0.29, 0.717) is 23.8 Å². The number of carbonyl (C=O) groups is 2. The minimum atomic E-state index is -0.617. The number of ether oxygens (including phenoxy) is 1. The van der Waals surface area contributed by atoms with Gasteiger partial charge < -0.3 is 4.74 Å². The molecule has 0 aliphatic heterocycles. The fourth-order valence-corrected chi connectivity index (χ4v) is 3.70. The van der Waals surface area contributed by atoms with E-state index in [1.54, 1.807) is 18.3 Å². The second-order valence-electron chi connectivity index (χ2n) is 7.75. The van der Waals surface area contributed by atoms with Crippen LogP contribution >= 0.6 is 11.6 Å². The smallest absolute Gasteiger partial charge is 0.412 e. The van der Waals surface area contributed by atoms with Gasteiger partial charge in [0.2, 0.25) is 5.91 Å². The number of aromatic nitrogens is 1. The molecule has 0 aliphatic carbocycles. The summed E-state index contributed by atoms with van der Waals surface area (Å²) in [5.74, 6) is 0.243. The van der Waals surface area contributed by atoms with Crippen LogP contribution in [0.4, 0.5) is 10.6 Å². The lowest BCUT2D eigenvalue weighted by Crippen LogP contribution is -2.50. The number of unbranched alkanes of at least 4 members (excludes halogenated alkanes) is 1. The molecule has 0 unspecified atom stereocenters. The summed E-state index contributed by atoms with van der Waals surface area (Å²) in [6.07, 6.45) is 3.62. The van der Waals surface area contributed by atoms with E-state index < -0.39 is 6.09 Å². The maximum Gasteiger partial charge on any atom is 0.412 e. The second kappa shape index (κ2) is 12.2. The summed E-state index contributed by atoms with van der Waals surface area (Å²) >= 11 is 6.24. The normalized spacial score (nSPS) is 11.7. The molecule has 1 heterocycles. The maximum absolute atomic E-state index is 12.4. The van der Waals surface area contributed by atoms with Gasteiger partial charge in [0.15, 0.2) is 0 Å². The number of rotatable bonds is 10. The Balaban J connectivity index is 1.62. The van der Waals surface area contributed by atoms with E-state index in [4.69, 9.17) is 16.3 Å². The molecule has 33 heavy (non-hydrogen) atoms. The van der Waals surface area contributed by atoms with Gasteiger partial charge in [0.1, 0.15) is 12.4 Å². The second-order valence-corrected chi connectivity index (χ2v) is 8.16. The van der Waals surface area contributed by atoms with Gasteiger partial charge in [-0.25, -0.2) is 15.2 Å². The third-order valence-corrected chi connectivity index (χ3v) is 5.63. The van der Waals surface area contributed by atoms with Crippen molar-refractivity contribution in [1.29, 1.82) is 0 Å². The molecule has 0 radical (unpaired) electrons. The summed E-state index contributed by atoms with van der Waals surface area (Å²) in [4.78, 5) is 29.1. The number of halogens is 1. The molecule has 2 aromatic carbocycles. The summed E-state index contributed by atoms with van der Waals surface area (Å²) in [6, 6.07) is 16.7. The van der Waals surface area contributed by atoms with Crippen LogP contribution in [0.1, 0.15) is 38.7 Å². The Morgan fingerprint density at radius 3 is 2.58 bits per heavy atom. The Kier molecular flexibility index (Phi) is 9.04. The van der Waals surface area contributed by atoms with E-state index >= 15 is 0 Å². The first-order chi connectivity index (χ1) is 16.0. The van der Waals surface area contributed by atoms with Crippen LogP contribution in [-0.2, 0) is 16.1 Å². The van der Waals surface area contributed by atoms with Gasteiger partial charge in [0.05, 0.1) is 6.04 Å². The van der Waals surface area contributed by atoms with Crippen LogP contribution in [0, 0.1) is 0 Å². The number of hydrogen-bond acceptors (Lipinski definition) is 5. The molecule has 0 spiro atoms. The first-order valence-electron chi connectivity index (χ1n) is 11.0. The minimum Gasteiger partial charge on any atom is -0.447 e. The van der Waals surface area contributed by atoms with Gasteiger partial charge in [0, 0.05) is 30.1 Å². The Morgan fingerprint density at radius 1 is 1.12 bits per heavy atom. The Hall–Kier alpha value is -3.16. The number of pyridine rings is 1. The number of nitrogens with one attached hydrogen (secondary N) is 2. The molecule has 0 bridgehead atoms. The fraction of sp³-hybridized carbons (Fsp3) is 0.320. The maximum atomic E-state index is 12.4. The van der Waals surface area contributed by atoms with Crippen molar-refractivity contribution in [2.75, 3.05) is 11.9 Å². The van der Waals surface area contributed by atoms with Crippen LogP contribution in [0.2, 0.25) is 5.02 Å². The van der Waals surface area contributed by atoms with Gasteiger partial charge >= 0.3 is 6.09 Å². The van der Waals surface area contributed by atoms with E-state index in [-0.39, 0.29) is 18.6 Å². The molecular formula is C25H29ClN4O3. The molecular weight excluding hydrogens is 440 g/mol. The van der Waals surface area contributed by atoms with Crippen LogP contribution in [0.5, 0.6) is 0 Å². The summed E-state index contributed by atoms with van der Waals surface area (Å²) < 4.78 is 5.47. The third-order valence-electron chi connectivity index (χ3n) is 5.26. The molecule has 8 heteroatoms. The largest absolute Gasteiger partial charge is 0.447 e. The van der Waals surface area contributed by atoms with Crippen molar-refractivity contribution in [2.24, 2.45) is 0 Å². The minimum absolute atomic E-state index is 0.0501. The fourth-order valence-electron chi connectivity index (χ4n) is 3.50. The van der Waals surface area contributed by atoms with Gasteiger partial charge in [-0.05, 0) is 29.5 Å². The zero-order valence-electron chi connectivity index (χ0n) is 18.9. The summed E-state index contributed by atoms with van der Waals surface area (Å²) in [5.41, 5.74) is 4.03. The lowest BCUT2D eigenvalue weighted by atomic mass is 10.1. The van der Waals surface area contributed by atoms with Crippen LogP contribution < -0.4 is 10.7 Å². The van der Waals surface area contributed by atoms with E-state index in [2.05, 4.69) is 22.7 Å². The molecule has 1 atom stereocenters. The van der Waals surface area contributed by atoms with Crippen LogP contribution in [0.25, 0.3) is 10.8 Å². The highest BCUT2D eigenvalue weighted by atomic mass is 35.5. The average molecular weight is 469 g/mol. The molecule has 7 nitrogen and oxygen atoms in total. The first kappa shape index (κ1) is 24.5. The Labute approximate surface area is 199 Å². The molecule has 2 amide bonds. The lowest BCUT2D eigenvalue weighted by molar-refractivity contribution is -0.136. The number of benzene rings is 2. The Bertz CT molecular complexity index is 1090. The van der Waals surface area contributed by atoms with E-state index in [1.807, 2.05) is 42.5 Å². The zero-order chi connectivity index (χ0) is 23.6. The standard InChI is InChI=1S/C25H29ClN4O3/c1-3-4-12-22(30(18(2)31)28-16-21-11-7-8-13-23(21)26)17-33-25(32)29-24-14-19-9-5-6-10-20(19)15-27-24/h5-11,13-15,22,28H,3-4,12,16-17H2,1-2H3,(H,27,29,32)/t22-/m0/s1. The number of anilines is 1. The van der Waals surface area contributed by atoms with E-state index in [9.17, 15) is 9.59 Å². The lowest BCUT2D eigenvalue weighted by Gasteiger charge is -2.31. The number of hydrazine groups is 1. The van der Waals surface area contributed by atoms with Gasteiger partial charge in [-0.15, -0.1) is 0 Å². The molecule has 3 aromatic rings. The molecule has 2 N–H and O–H groups in total. The van der Waals surface area contributed by atoms with Crippen LogP contribution in [0.15, 0.2) is 60.8 Å². The molecule has 0 saturated carbocycles. The van der Waals surface area contributed by atoms with E-state index in [0.717, 1.165) is 29.2 Å². The Morgan fingerprint density at radius 2 is 1.85 bits per heavy atom. The molecule has 0 aliphatic rings. The number of fused-ring (bicyclic) bond motifs is 1. The number of nitrogens with zero attached hydrogens (tertiary/aromatic N) is 2. The summed E-state index contributed by atoms with van der Waals surface area (Å²) in [6.45, 7) is 3.99. The topological polar surface area (TPSA) is 83.6 Å². The van der Waals surface area contributed by atoms with Crippen LogP contribution in [0.3, 0.4) is 0 Å². The van der Waals surface area contributed by atoms with Gasteiger partial charge in [-0.2, -0.15) is 0 Å². The monoisotopic (exact) mass is 468 g/mol. The highest BCUT2D eigenvalue weighted by Gasteiger charge is 2.23. The molecule has 1 aromatic heterocycles. The van der Waals surface area contributed by atoms with E-state index in [1.165, 1.54) is 11.9 Å². The quantitative estimate of drug-likeness (QED) is 0.381. The van der Waals surface area contributed by atoms with Gasteiger partial charge in [0.25, 0.3) is 0 Å². The summed E-state index contributed by atoms with van der Waals surface area (Å²) in [7, 11) is 0. The highest BCUT2D eigenvalue weighted by Crippen LogP contribution is 2.17. The predicted molar refractivity (Wildman–Crippen MR) is 131 cm³/mol. The van der Waals surface area contributed by atoms with Crippen molar-refractivity contribution in [3.63, 3.8) is 0 Å². The van der Waals surface area contributed by atoms with Gasteiger partial charge in [-0.3, -0.25) is 15.1 Å². The third kappa shape index (κ3) is 7.17. The SMILES string of the molecule is CCCC[C@@H](COC(=O)Nc1cc2ccccc2cn1)N(NCc1ccccc1Cl)C(C)=O. The molecule has 174 valence electrons. The van der Waals surface area contributed by atoms with Crippen molar-refractivity contribution >= 4 is 40.2 Å². The number of carbonyl (C=O) groups excluding carboxylic acids is 2. The molecule has 0 fully saturated rings. The van der Waals surface area contributed by atoms with Crippen molar-refractivity contribution in [2.45, 2.75) is 45.7 Å². The van der Waals surface area contributed by atoms with Crippen molar-refractivity contribution in [3.8, 4) is 0 Å². The van der Waals surface area contributed by atoms with Crippen LogP contribution in [-0.4, -0.2) is 34.6 Å². The van der Waals surface area contributed by atoms with Crippen molar-refractivity contribution in [1.82, 2.24) is 15.4 Å². The highest BCUT2D eigenvalue weighted by molar-refractivity contribution is 6.31. The number of hydrogen-bond donors (Lipinski definition) is 2. The number of amides is 2. The predicted octanol–water partition coefficient (Wildman–Crippen LogP) is 5.55. The van der Waals surface area contributed by atoms with Gasteiger partial charge in [-0.1, -0.05) is 73.8 Å². The first-order valence-corrected chi connectivity index (χ1v) is 11.4. The zero-order valence-corrected chi connectivity index (χ0v) is 19.6. The molecule has 3 rings (SSSR count). The van der Waals surface area contributed by atoms with Crippen molar-refractivity contribution in [3.05, 3.63) is 71.4 Å². The summed E-state index contributed by atoms with van der Waals surface area (Å²) in [5, 5.41) is 6.77. The average Bonchev–Trinajstić information content (AvgIpc) is 2.81.